The molecule has 0 saturated heterocycles. The molecule has 2 aromatic carbocycles. The van der Waals surface area contributed by atoms with Gasteiger partial charge in [-0.25, -0.2) is 0 Å². The second-order valence-electron chi connectivity index (χ2n) is 5.62. The van der Waals surface area contributed by atoms with Crippen molar-refractivity contribution in [3.8, 4) is 6.07 Å². The van der Waals surface area contributed by atoms with Crippen molar-refractivity contribution in [2.75, 3.05) is 0 Å². The van der Waals surface area contributed by atoms with Gasteiger partial charge in [0.2, 0.25) is 0 Å². The summed E-state index contributed by atoms with van der Waals surface area (Å²) in [5.74, 6) is 0.224. The molecule has 0 aliphatic heterocycles. The molecular formula is C20H17NO. The Morgan fingerprint density at radius 1 is 1.05 bits per heavy atom. The zero-order valence-corrected chi connectivity index (χ0v) is 12.3. The van der Waals surface area contributed by atoms with Crippen LogP contribution >= 0.6 is 0 Å². The first-order valence-electron chi connectivity index (χ1n) is 7.58. The molecule has 0 amide bonds. The van der Waals surface area contributed by atoms with Crippen LogP contribution in [0.15, 0.2) is 60.2 Å². The second-order valence-corrected chi connectivity index (χ2v) is 5.62. The average Bonchev–Trinajstić information content (AvgIpc) is 2.58. The van der Waals surface area contributed by atoms with Crippen molar-refractivity contribution in [1.82, 2.24) is 0 Å². The Morgan fingerprint density at radius 3 is 2.45 bits per heavy atom. The molecule has 2 aromatic rings. The molecule has 22 heavy (non-hydrogen) atoms. The molecule has 3 rings (SSSR count). The largest absolute Gasteiger partial charge is 0.294 e. The highest BCUT2D eigenvalue weighted by molar-refractivity contribution is 6.04. The Morgan fingerprint density at radius 2 is 1.77 bits per heavy atom. The summed E-state index contributed by atoms with van der Waals surface area (Å²) in [6.45, 7) is 0. The number of hydrogen-bond donors (Lipinski definition) is 0. The molecule has 0 heterocycles. The summed E-state index contributed by atoms with van der Waals surface area (Å²) < 4.78 is 0. The lowest BCUT2D eigenvalue weighted by Crippen LogP contribution is -2.19. The van der Waals surface area contributed by atoms with E-state index in [9.17, 15) is 4.79 Å². The fourth-order valence-electron chi connectivity index (χ4n) is 2.98. The number of ketones is 1. The predicted molar refractivity (Wildman–Crippen MR) is 87.2 cm³/mol. The molecule has 1 fully saturated rings. The molecule has 0 spiro atoms. The van der Waals surface area contributed by atoms with Crippen LogP contribution in [-0.2, 0) is 4.79 Å². The third-order valence-corrected chi connectivity index (χ3v) is 4.15. The van der Waals surface area contributed by atoms with E-state index in [-0.39, 0.29) is 11.7 Å². The van der Waals surface area contributed by atoms with Gasteiger partial charge in [-0.15, -0.1) is 0 Å². The maximum absolute atomic E-state index is 12.7. The van der Waals surface area contributed by atoms with Gasteiger partial charge in [0.05, 0.1) is 11.6 Å². The van der Waals surface area contributed by atoms with E-state index in [0.29, 0.717) is 5.56 Å². The summed E-state index contributed by atoms with van der Waals surface area (Å²) in [4.78, 5) is 12.7. The molecule has 1 atom stereocenters. The van der Waals surface area contributed by atoms with Crippen LogP contribution in [0, 0.1) is 11.3 Å². The second kappa shape index (κ2) is 6.41. The summed E-state index contributed by atoms with van der Waals surface area (Å²) in [5.41, 5.74) is 3.62. The molecule has 1 saturated carbocycles. The fourth-order valence-corrected chi connectivity index (χ4v) is 2.98. The first-order valence-corrected chi connectivity index (χ1v) is 7.58. The van der Waals surface area contributed by atoms with E-state index in [1.165, 1.54) is 0 Å². The minimum absolute atomic E-state index is 0.0143. The van der Waals surface area contributed by atoms with Crippen LogP contribution in [0.3, 0.4) is 0 Å². The number of rotatable bonds is 2. The topological polar surface area (TPSA) is 40.9 Å². The van der Waals surface area contributed by atoms with Gasteiger partial charge in [-0.1, -0.05) is 42.5 Å². The van der Waals surface area contributed by atoms with Crippen molar-refractivity contribution in [1.29, 1.82) is 5.26 Å². The normalized spacial score (nSPS) is 19.9. The van der Waals surface area contributed by atoms with Gasteiger partial charge in [-0.3, -0.25) is 4.79 Å². The number of benzene rings is 2. The van der Waals surface area contributed by atoms with Crippen molar-refractivity contribution in [3.05, 3.63) is 76.9 Å². The van der Waals surface area contributed by atoms with Gasteiger partial charge in [-0.2, -0.15) is 5.26 Å². The molecule has 1 aliphatic rings. The molecule has 0 aromatic heterocycles. The van der Waals surface area contributed by atoms with Crippen molar-refractivity contribution in [3.63, 3.8) is 0 Å². The highest BCUT2D eigenvalue weighted by Gasteiger charge is 2.27. The highest BCUT2D eigenvalue weighted by atomic mass is 16.1. The van der Waals surface area contributed by atoms with Gasteiger partial charge in [0.15, 0.2) is 5.78 Å². The first kappa shape index (κ1) is 14.3. The summed E-state index contributed by atoms with van der Waals surface area (Å²) in [6.07, 6.45) is 4.77. The molecular weight excluding hydrogens is 270 g/mol. The van der Waals surface area contributed by atoms with Crippen LogP contribution in [0.4, 0.5) is 0 Å². The van der Waals surface area contributed by atoms with E-state index in [1.54, 1.807) is 12.1 Å². The van der Waals surface area contributed by atoms with Gasteiger partial charge in [-0.05, 0) is 54.2 Å². The zero-order chi connectivity index (χ0) is 15.4. The standard InChI is InChI=1S/C20H17NO/c21-14-16-11-9-15(10-12-16)13-18-7-4-8-19(20(18)22)17-5-2-1-3-6-17/h1-3,5-6,9-13,19H,4,7-8H2/b18-13+/t19-/m1/s1. The van der Waals surface area contributed by atoms with Crippen LogP contribution in [0.25, 0.3) is 6.08 Å². The molecule has 0 unspecified atom stereocenters. The van der Waals surface area contributed by atoms with Crippen LogP contribution in [0.2, 0.25) is 0 Å². The van der Waals surface area contributed by atoms with E-state index >= 15 is 0 Å². The minimum atomic E-state index is -0.0143. The van der Waals surface area contributed by atoms with Gasteiger partial charge < -0.3 is 0 Å². The third kappa shape index (κ3) is 2.99. The van der Waals surface area contributed by atoms with E-state index < -0.39 is 0 Å². The maximum Gasteiger partial charge on any atom is 0.166 e. The molecule has 108 valence electrons. The van der Waals surface area contributed by atoms with Crippen molar-refractivity contribution < 1.29 is 4.79 Å². The van der Waals surface area contributed by atoms with Gasteiger partial charge in [0.1, 0.15) is 0 Å². The monoisotopic (exact) mass is 287 g/mol. The average molecular weight is 287 g/mol. The smallest absolute Gasteiger partial charge is 0.166 e. The Balaban J connectivity index is 1.86. The van der Waals surface area contributed by atoms with E-state index in [0.717, 1.165) is 36.0 Å². The van der Waals surface area contributed by atoms with Crippen LogP contribution in [-0.4, -0.2) is 5.78 Å². The number of Topliss-reactive ketones (excluding diaryl/α,β-unsaturated/α-hetero) is 1. The summed E-state index contributed by atoms with van der Waals surface area (Å²) in [7, 11) is 0. The highest BCUT2D eigenvalue weighted by Crippen LogP contribution is 2.33. The van der Waals surface area contributed by atoms with Crippen molar-refractivity contribution >= 4 is 11.9 Å². The number of nitriles is 1. The van der Waals surface area contributed by atoms with Crippen molar-refractivity contribution in [2.45, 2.75) is 25.2 Å². The Labute approximate surface area is 130 Å². The molecule has 0 bridgehead atoms. The van der Waals surface area contributed by atoms with Crippen molar-refractivity contribution in [2.24, 2.45) is 0 Å². The van der Waals surface area contributed by atoms with Gasteiger partial charge in [0.25, 0.3) is 0 Å². The molecule has 2 heteroatoms. The quantitative estimate of drug-likeness (QED) is 0.764. The zero-order valence-electron chi connectivity index (χ0n) is 12.3. The van der Waals surface area contributed by atoms with Crippen LogP contribution in [0.5, 0.6) is 0 Å². The SMILES string of the molecule is N#Cc1ccc(/C=C2\CCC[C@H](c3ccccc3)C2=O)cc1. The fraction of sp³-hybridized carbons (Fsp3) is 0.200. The molecule has 1 aliphatic carbocycles. The van der Waals surface area contributed by atoms with E-state index in [4.69, 9.17) is 5.26 Å². The Bertz CT molecular complexity index is 736. The number of carbonyl (C=O) groups is 1. The number of nitrogens with zero attached hydrogens (tertiary/aromatic N) is 1. The lowest BCUT2D eigenvalue weighted by molar-refractivity contribution is -0.117. The lowest BCUT2D eigenvalue weighted by atomic mass is 9.79. The Hall–Kier alpha value is -2.66. The molecule has 0 radical (unpaired) electrons. The number of hydrogen-bond acceptors (Lipinski definition) is 2. The minimum Gasteiger partial charge on any atom is -0.294 e. The summed E-state index contributed by atoms with van der Waals surface area (Å²) in [6, 6.07) is 19.5. The van der Waals surface area contributed by atoms with Gasteiger partial charge in [0, 0.05) is 5.92 Å². The molecule has 2 nitrogen and oxygen atoms in total. The maximum atomic E-state index is 12.7. The predicted octanol–water partition coefficient (Wildman–Crippen LogP) is 4.48. The lowest BCUT2D eigenvalue weighted by Gasteiger charge is -2.23. The first-order chi connectivity index (χ1) is 10.8. The van der Waals surface area contributed by atoms with Crippen LogP contribution in [0.1, 0.15) is 41.9 Å². The third-order valence-electron chi connectivity index (χ3n) is 4.15. The van der Waals surface area contributed by atoms with E-state index in [2.05, 4.69) is 6.07 Å². The number of carbonyl (C=O) groups excluding carboxylic acids is 1. The summed E-state index contributed by atoms with van der Waals surface area (Å²) >= 11 is 0. The number of allylic oxidation sites excluding steroid dienone is 1. The van der Waals surface area contributed by atoms with E-state index in [1.807, 2.05) is 48.5 Å². The Kier molecular flexibility index (Phi) is 4.16. The van der Waals surface area contributed by atoms with Crippen LogP contribution < -0.4 is 0 Å². The molecule has 0 N–H and O–H groups in total. The summed E-state index contributed by atoms with van der Waals surface area (Å²) in [5, 5.41) is 8.83. The van der Waals surface area contributed by atoms with Gasteiger partial charge >= 0.3 is 0 Å².